The zero-order valence-corrected chi connectivity index (χ0v) is 17.3. The number of ether oxygens (including phenoxy) is 1. The number of amides is 1. The molecule has 0 aliphatic carbocycles. The highest BCUT2D eigenvalue weighted by Gasteiger charge is 2.11. The molecule has 2 aromatic heterocycles. The molecule has 146 valence electrons. The smallest absolute Gasteiger partial charge is 0.262 e. The van der Waals surface area contributed by atoms with Gasteiger partial charge in [-0.05, 0) is 67.8 Å². The molecule has 0 aliphatic rings. The summed E-state index contributed by atoms with van der Waals surface area (Å²) in [4.78, 5) is 22.3. The van der Waals surface area contributed by atoms with E-state index in [-0.39, 0.29) is 12.5 Å². The molecule has 6 heteroatoms. The number of nitrogens with one attached hydrogen (secondary N) is 1. The molecule has 0 aliphatic heterocycles. The van der Waals surface area contributed by atoms with Crippen LogP contribution in [0.15, 0.2) is 54.7 Å². The van der Waals surface area contributed by atoms with E-state index >= 15 is 0 Å². The van der Waals surface area contributed by atoms with Crippen LogP contribution in [0.3, 0.4) is 0 Å². The number of aryl methyl sites for hydroxylation is 3. The van der Waals surface area contributed by atoms with Crippen LogP contribution in [-0.4, -0.2) is 22.5 Å². The molecule has 0 atom stereocenters. The number of benzene rings is 2. The second kappa shape index (κ2) is 8.01. The maximum atomic E-state index is 12.4. The largest absolute Gasteiger partial charge is 0.484 e. The lowest BCUT2D eigenvalue weighted by Crippen LogP contribution is -2.20. The number of anilines is 1. The predicted molar refractivity (Wildman–Crippen MR) is 118 cm³/mol. The molecule has 0 saturated heterocycles. The van der Waals surface area contributed by atoms with Crippen molar-refractivity contribution in [2.45, 2.75) is 20.8 Å². The van der Waals surface area contributed by atoms with E-state index in [1.54, 1.807) is 6.20 Å². The molecule has 0 fully saturated rings. The van der Waals surface area contributed by atoms with Crippen LogP contribution in [-0.2, 0) is 4.79 Å². The molecule has 29 heavy (non-hydrogen) atoms. The Kier molecular flexibility index (Phi) is 5.27. The molecule has 1 N–H and O–H groups in total. The lowest BCUT2D eigenvalue weighted by molar-refractivity contribution is -0.118. The molecule has 0 radical (unpaired) electrons. The standard InChI is InChI=1S/C23H21N3O2S/c1-14-9-15(2)11-18(10-14)28-13-21(27)25-20-12-17(7-6-16(20)3)22-26-19-5-4-8-24-23(19)29-22/h4-12H,13H2,1-3H3,(H,25,27). The Morgan fingerprint density at radius 3 is 2.62 bits per heavy atom. The first-order valence-electron chi connectivity index (χ1n) is 9.31. The monoisotopic (exact) mass is 403 g/mol. The van der Waals surface area contributed by atoms with Gasteiger partial charge in [0.25, 0.3) is 5.91 Å². The Bertz CT molecular complexity index is 1150. The SMILES string of the molecule is Cc1cc(C)cc(OCC(=O)Nc2cc(-c3nc4cccnc4s3)ccc2C)c1. The summed E-state index contributed by atoms with van der Waals surface area (Å²) in [6.07, 6.45) is 1.76. The van der Waals surface area contributed by atoms with Crippen molar-refractivity contribution in [2.75, 3.05) is 11.9 Å². The van der Waals surface area contributed by atoms with Gasteiger partial charge < -0.3 is 10.1 Å². The molecule has 4 aromatic rings. The van der Waals surface area contributed by atoms with E-state index in [0.717, 1.165) is 43.3 Å². The number of aromatic nitrogens is 2. The molecule has 2 heterocycles. The van der Waals surface area contributed by atoms with Crippen molar-refractivity contribution in [3.8, 4) is 16.3 Å². The Balaban J connectivity index is 1.49. The van der Waals surface area contributed by atoms with Gasteiger partial charge in [0.2, 0.25) is 0 Å². The van der Waals surface area contributed by atoms with Gasteiger partial charge in [-0.2, -0.15) is 0 Å². The van der Waals surface area contributed by atoms with Gasteiger partial charge in [-0.1, -0.05) is 29.5 Å². The molecule has 0 bridgehead atoms. The maximum absolute atomic E-state index is 12.4. The fourth-order valence-electron chi connectivity index (χ4n) is 3.13. The van der Waals surface area contributed by atoms with Crippen LogP contribution >= 0.6 is 11.3 Å². The Morgan fingerprint density at radius 2 is 1.86 bits per heavy atom. The van der Waals surface area contributed by atoms with Crippen molar-refractivity contribution in [2.24, 2.45) is 0 Å². The second-order valence-corrected chi connectivity index (χ2v) is 8.01. The van der Waals surface area contributed by atoms with Crippen LogP contribution < -0.4 is 10.1 Å². The van der Waals surface area contributed by atoms with Crippen LogP contribution in [0.4, 0.5) is 5.69 Å². The first-order valence-corrected chi connectivity index (χ1v) is 10.1. The quantitative estimate of drug-likeness (QED) is 0.491. The third kappa shape index (κ3) is 4.43. The highest BCUT2D eigenvalue weighted by atomic mass is 32.1. The maximum Gasteiger partial charge on any atom is 0.262 e. The summed E-state index contributed by atoms with van der Waals surface area (Å²) in [6, 6.07) is 15.7. The lowest BCUT2D eigenvalue weighted by atomic mass is 10.1. The number of rotatable bonds is 5. The van der Waals surface area contributed by atoms with E-state index in [0.29, 0.717) is 5.75 Å². The Morgan fingerprint density at radius 1 is 1.07 bits per heavy atom. The van der Waals surface area contributed by atoms with Gasteiger partial charge in [0, 0.05) is 17.4 Å². The molecule has 1 amide bonds. The number of hydrogen-bond acceptors (Lipinski definition) is 5. The summed E-state index contributed by atoms with van der Waals surface area (Å²) in [5, 5.41) is 3.83. The van der Waals surface area contributed by atoms with E-state index in [1.165, 1.54) is 11.3 Å². The van der Waals surface area contributed by atoms with Gasteiger partial charge in [0.1, 0.15) is 21.1 Å². The molecular weight excluding hydrogens is 382 g/mol. The van der Waals surface area contributed by atoms with Crippen LogP contribution in [0.5, 0.6) is 5.75 Å². The fourth-order valence-corrected chi connectivity index (χ4v) is 4.04. The summed E-state index contributed by atoms with van der Waals surface area (Å²) in [7, 11) is 0. The van der Waals surface area contributed by atoms with Gasteiger partial charge in [-0.25, -0.2) is 9.97 Å². The average molecular weight is 404 g/mol. The molecule has 5 nitrogen and oxygen atoms in total. The minimum absolute atomic E-state index is 0.0440. The molecule has 0 unspecified atom stereocenters. The molecule has 0 saturated carbocycles. The second-order valence-electron chi connectivity index (χ2n) is 7.04. The molecule has 4 rings (SSSR count). The minimum Gasteiger partial charge on any atom is -0.484 e. The average Bonchev–Trinajstić information content (AvgIpc) is 3.11. The molecule has 2 aromatic carbocycles. The van der Waals surface area contributed by atoms with E-state index in [9.17, 15) is 4.79 Å². The Hall–Kier alpha value is -3.25. The zero-order valence-electron chi connectivity index (χ0n) is 16.5. The highest BCUT2D eigenvalue weighted by Crippen LogP contribution is 2.31. The van der Waals surface area contributed by atoms with Crippen molar-refractivity contribution in [1.29, 1.82) is 0 Å². The number of fused-ring (bicyclic) bond motifs is 1. The predicted octanol–water partition coefficient (Wildman–Crippen LogP) is 5.30. The van der Waals surface area contributed by atoms with Gasteiger partial charge in [0.15, 0.2) is 6.61 Å². The first kappa shape index (κ1) is 19.1. The van der Waals surface area contributed by atoms with Crippen molar-refractivity contribution >= 4 is 33.3 Å². The summed E-state index contributed by atoms with van der Waals surface area (Å²) in [5.41, 5.74) is 5.77. The van der Waals surface area contributed by atoms with Gasteiger partial charge in [0.05, 0.1) is 0 Å². The number of carbonyl (C=O) groups excluding carboxylic acids is 1. The van der Waals surface area contributed by atoms with Gasteiger partial charge >= 0.3 is 0 Å². The fraction of sp³-hybridized carbons (Fsp3) is 0.174. The molecular formula is C23H21N3O2S. The number of thiazole rings is 1. The third-order valence-corrected chi connectivity index (χ3v) is 5.52. The zero-order chi connectivity index (χ0) is 20.4. The normalized spacial score (nSPS) is 10.9. The van der Waals surface area contributed by atoms with E-state index in [1.807, 2.05) is 63.2 Å². The Labute approximate surface area is 173 Å². The lowest BCUT2D eigenvalue weighted by Gasteiger charge is -2.11. The minimum atomic E-state index is -0.199. The topological polar surface area (TPSA) is 64.1 Å². The number of nitrogens with zero attached hydrogens (tertiary/aromatic N) is 2. The van der Waals surface area contributed by atoms with Crippen molar-refractivity contribution in [3.05, 3.63) is 71.4 Å². The third-order valence-electron chi connectivity index (χ3n) is 4.49. The molecule has 0 spiro atoms. The van der Waals surface area contributed by atoms with E-state index in [4.69, 9.17) is 4.74 Å². The van der Waals surface area contributed by atoms with Crippen molar-refractivity contribution in [1.82, 2.24) is 9.97 Å². The van der Waals surface area contributed by atoms with E-state index in [2.05, 4.69) is 21.4 Å². The van der Waals surface area contributed by atoms with Crippen molar-refractivity contribution < 1.29 is 9.53 Å². The number of pyridine rings is 1. The summed E-state index contributed by atoms with van der Waals surface area (Å²) in [5.74, 6) is 0.500. The van der Waals surface area contributed by atoms with Crippen LogP contribution in [0.2, 0.25) is 0 Å². The van der Waals surface area contributed by atoms with Crippen LogP contribution in [0, 0.1) is 20.8 Å². The summed E-state index contributed by atoms with van der Waals surface area (Å²) >= 11 is 1.53. The summed E-state index contributed by atoms with van der Waals surface area (Å²) in [6.45, 7) is 5.93. The van der Waals surface area contributed by atoms with Gasteiger partial charge in [-0.15, -0.1) is 0 Å². The first-order chi connectivity index (χ1) is 14.0. The van der Waals surface area contributed by atoms with Crippen molar-refractivity contribution in [3.63, 3.8) is 0 Å². The van der Waals surface area contributed by atoms with Gasteiger partial charge in [-0.3, -0.25) is 4.79 Å². The van der Waals surface area contributed by atoms with E-state index < -0.39 is 0 Å². The van der Waals surface area contributed by atoms with Crippen LogP contribution in [0.1, 0.15) is 16.7 Å². The number of hydrogen-bond donors (Lipinski definition) is 1. The number of carbonyl (C=O) groups is 1. The van der Waals surface area contributed by atoms with Crippen LogP contribution in [0.25, 0.3) is 20.9 Å². The highest BCUT2D eigenvalue weighted by molar-refractivity contribution is 7.21. The summed E-state index contributed by atoms with van der Waals surface area (Å²) < 4.78 is 5.67.